The van der Waals surface area contributed by atoms with E-state index < -0.39 is 0 Å². The molecule has 1 aromatic rings. The molecule has 0 spiro atoms. The zero-order valence-electron chi connectivity index (χ0n) is 16.6. The second-order valence-electron chi connectivity index (χ2n) is 8.72. The quantitative estimate of drug-likeness (QED) is 0.887. The SMILES string of the molecule is CN1CCC[C@]2(CO)CCN(C(=O)c3ccc(N4CCCCC4)cc3)C[C@@H]12. The normalized spacial score (nSPS) is 29.5. The number of aliphatic hydroxyl groups is 1. The summed E-state index contributed by atoms with van der Waals surface area (Å²) in [5.41, 5.74) is 1.99. The van der Waals surface area contributed by atoms with Crippen molar-refractivity contribution >= 4 is 11.6 Å². The van der Waals surface area contributed by atoms with Crippen molar-refractivity contribution < 1.29 is 9.90 Å². The van der Waals surface area contributed by atoms with Gasteiger partial charge in [-0.1, -0.05) is 0 Å². The van der Waals surface area contributed by atoms with Crippen LogP contribution in [0.3, 0.4) is 0 Å². The van der Waals surface area contributed by atoms with Crippen molar-refractivity contribution in [3.8, 4) is 0 Å². The molecule has 3 aliphatic heterocycles. The third-order valence-corrected chi connectivity index (χ3v) is 7.13. The number of carbonyl (C=O) groups excluding carboxylic acids is 1. The van der Waals surface area contributed by atoms with Gasteiger partial charge in [0.15, 0.2) is 0 Å². The van der Waals surface area contributed by atoms with E-state index in [0.717, 1.165) is 57.5 Å². The molecule has 1 amide bonds. The summed E-state index contributed by atoms with van der Waals surface area (Å²) in [7, 11) is 2.13. The van der Waals surface area contributed by atoms with E-state index in [1.54, 1.807) is 0 Å². The van der Waals surface area contributed by atoms with E-state index in [0.29, 0.717) is 0 Å². The number of likely N-dealkylation sites (N-methyl/N-ethyl adjacent to an activating group) is 1. The first-order valence-electron chi connectivity index (χ1n) is 10.6. The summed E-state index contributed by atoms with van der Waals surface area (Å²) in [5.74, 6) is 0.130. The minimum Gasteiger partial charge on any atom is -0.396 e. The third kappa shape index (κ3) is 3.59. The summed E-state index contributed by atoms with van der Waals surface area (Å²) < 4.78 is 0. The Hall–Kier alpha value is -1.59. The van der Waals surface area contributed by atoms with Gasteiger partial charge in [0, 0.05) is 48.9 Å². The molecule has 5 nitrogen and oxygen atoms in total. The van der Waals surface area contributed by atoms with E-state index in [4.69, 9.17) is 0 Å². The van der Waals surface area contributed by atoms with Gasteiger partial charge in [-0.05, 0) is 76.4 Å². The molecule has 3 heterocycles. The standard InChI is InChI=1S/C22H33N3O2/c1-23-12-5-10-22(17-26)11-15-25(16-20(22)23)21(27)18-6-8-19(9-7-18)24-13-3-2-4-14-24/h6-9,20,26H,2-5,10-17H2,1H3/t20-,22-/m1/s1. The Labute approximate surface area is 162 Å². The van der Waals surface area contributed by atoms with Gasteiger partial charge in [-0.2, -0.15) is 0 Å². The number of fused-ring (bicyclic) bond motifs is 1. The lowest BCUT2D eigenvalue weighted by molar-refractivity contribution is -0.0601. The van der Waals surface area contributed by atoms with E-state index in [1.165, 1.54) is 24.9 Å². The Kier molecular flexibility index (Phi) is 5.42. The fraction of sp³-hybridized carbons (Fsp3) is 0.682. The van der Waals surface area contributed by atoms with Crippen LogP contribution in [0.15, 0.2) is 24.3 Å². The predicted octanol–water partition coefficient (Wildman–Crippen LogP) is 2.60. The molecule has 4 rings (SSSR count). The van der Waals surface area contributed by atoms with Crippen molar-refractivity contribution in [2.75, 3.05) is 51.3 Å². The molecule has 0 aromatic heterocycles. The topological polar surface area (TPSA) is 47.0 Å². The van der Waals surface area contributed by atoms with Crippen LogP contribution in [0.2, 0.25) is 0 Å². The highest BCUT2D eigenvalue weighted by molar-refractivity contribution is 5.94. The first-order chi connectivity index (χ1) is 13.1. The third-order valence-electron chi connectivity index (χ3n) is 7.13. The lowest BCUT2D eigenvalue weighted by atomic mass is 9.69. The number of nitrogens with zero attached hydrogens (tertiary/aromatic N) is 3. The number of rotatable bonds is 3. The molecule has 1 N–H and O–H groups in total. The maximum Gasteiger partial charge on any atom is 0.253 e. The molecular weight excluding hydrogens is 338 g/mol. The smallest absolute Gasteiger partial charge is 0.253 e. The Bertz CT molecular complexity index is 656. The van der Waals surface area contributed by atoms with E-state index in [1.807, 2.05) is 17.0 Å². The molecule has 5 heteroatoms. The van der Waals surface area contributed by atoms with Crippen molar-refractivity contribution in [3.63, 3.8) is 0 Å². The number of carbonyl (C=O) groups is 1. The molecule has 1 aromatic carbocycles. The second-order valence-corrected chi connectivity index (χ2v) is 8.72. The number of anilines is 1. The van der Waals surface area contributed by atoms with Crippen molar-refractivity contribution in [2.24, 2.45) is 5.41 Å². The summed E-state index contributed by atoms with van der Waals surface area (Å²) in [6.45, 7) is 5.00. The molecule has 0 radical (unpaired) electrons. The van der Waals surface area contributed by atoms with Crippen molar-refractivity contribution in [3.05, 3.63) is 29.8 Å². The van der Waals surface area contributed by atoms with Crippen molar-refractivity contribution in [2.45, 2.75) is 44.6 Å². The van der Waals surface area contributed by atoms with Crippen LogP contribution in [0.4, 0.5) is 5.69 Å². The number of likely N-dealkylation sites (tertiary alicyclic amines) is 2. The zero-order chi connectivity index (χ0) is 18.9. The van der Waals surface area contributed by atoms with Crippen molar-refractivity contribution in [1.29, 1.82) is 0 Å². The Morgan fingerprint density at radius 3 is 2.48 bits per heavy atom. The van der Waals surface area contributed by atoms with Gasteiger partial charge >= 0.3 is 0 Å². The van der Waals surface area contributed by atoms with Gasteiger partial charge in [-0.25, -0.2) is 0 Å². The largest absolute Gasteiger partial charge is 0.396 e. The molecule has 148 valence electrons. The molecular formula is C22H33N3O2. The average molecular weight is 372 g/mol. The molecule has 3 saturated heterocycles. The van der Waals surface area contributed by atoms with Gasteiger partial charge in [0.25, 0.3) is 5.91 Å². The van der Waals surface area contributed by atoms with Crippen LogP contribution in [0.5, 0.6) is 0 Å². The lowest BCUT2D eigenvalue weighted by Gasteiger charge is -2.53. The Balaban J connectivity index is 1.45. The van der Waals surface area contributed by atoms with Crippen LogP contribution in [0.1, 0.15) is 48.9 Å². The fourth-order valence-electron chi connectivity index (χ4n) is 5.35. The summed E-state index contributed by atoms with van der Waals surface area (Å²) in [4.78, 5) is 19.9. The van der Waals surface area contributed by atoms with Gasteiger partial charge in [0.2, 0.25) is 0 Å². The number of benzene rings is 1. The number of piperidine rings is 3. The monoisotopic (exact) mass is 371 g/mol. The molecule has 3 fully saturated rings. The maximum absolute atomic E-state index is 13.1. The summed E-state index contributed by atoms with van der Waals surface area (Å²) >= 11 is 0. The van der Waals surface area contributed by atoms with Gasteiger partial charge in [0.05, 0.1) is 6.61 Å². The minimum atomic E-state index is -0.0259. The number of hydrogen-bond acceptors (Lipinski definition) is 4. The van der Waals surface area contributed by atoms with Crippen LogP contribution in [-0.2, 0) is 0 Å². The number of hydrogen-bond donors (Lipinski definition) is 1. The second kappa shape index (κ2) is 7.80. The van der Waals surface area contributed by atoms with Gasteiger partial charge in [-0.15, -0.1) is 0 Å². The lowest BCUT2D eigenvalue weighted by Crippen LogP contribution is -2.62. The molecule has 27 heavy (non-hydrogen) atoms. The maximum atomic E-state index is 13.1. The first kappa shape index (κ1) is 18.8. The van der Waals surface area contributed by atoms with Gasteiger partial charge < -0.3 is 19.8 Å². The molecule has 0 aliphatic carbocycles. The van der Waals surface area contributed by atoms with Crippen LogP contribution in [0, 0.1) is 5.41 Å². The highest BCUT2D eigenvalue weighted by Gasteiger charge is 2.47. The van der Waals surface area contributed by atoms with Crippen LogP contribution >= 0.6 is 0 Å². The highest BCUT2D eigenvalue weighted by Crippen LogP contribution is 2.41. The molecule has 2 atom stereocenters. The summed E-state index contributed by atoms with van der Waals surface area (Å²) in [6.07, 6.45) is 6.96. The van der Waals surface area contributed by atoms with Crippen LogP contribution in [-0.4, -0.2) is 73.2 Å². The number of amides is 1. The van der Waals surface area contributed by atoms with Gasteiger partial charge in [0.1, 0.15) is 0 Å². The fourth-order valence-corrected chi connectivity index (χ4v) is 5.35. The van der Waals surface area contributed by atoms with Gasteiger partial charge in [-0.3, -0.25) is 4.79 Å². The predicted molar refractivity (Wildman–Crippen MR) is 108 cm³/mol. The van der Waals surface area contributed by atoms with Crippen LogP contribution in [0.25, 0.3) is 0 Å². The Morgan fingerprint density at radius 1 is 1.04 bits per heavy atom. The van der Waals surface area contributed by atoms with E-state index in [9.17, 15) is 9.90 Å². The van der Waals surface area contributed by atoms with E-state index in [2.05, 4.69) is 29.0 Å². The average Bonchev–Trinajstić information content (AvgIpc) is 2.74. The minimum absolute atomic E-state index is 0.0259. The molecule has 0 unspecified atom stereocenters. The van der Waals surface area contributed by atoms with Crippen LogP contribution < -0.4 is 4.90 Å². The molecule has 0 bridgehead atoms. The van der Waals surface area contributed by atoms with Crippen molar-refractivity contribution in [1.82, 2.24) is 9.80 Å². The zero-order valence-corrected chi connectivity index (χ0v) is 16.6. The van der Waals surface area contributed by atoms with E-state index in [-0.39, 0.29) is 24.0 Å². The molecule has 0 saturated carbocycles. The summed E-state index contributed by atoms with van der Waals surface area (Å²) in [6, 6.07) is 8.46. The number of aliphatic hydroxyl groups excluding tert-OH is 1. The molecule has 3 aliphatic rings. The summed E-state index contributed by atoms with van der Waals surface area (Å²) in [5, 5.41) is 10.1. The van der Waals surface area contributed by atoms with E-state index >= 15 is 0 Å². The first-order valence-corrected chi connectivity index (χ1v) is 10.6. The highest BCUT2D eigenvalue weighted by atomic mass is 16.3. The Morgan fingerprint density at radius 2 is 1.78 bits per heavy atom.